The maximum atomic E-state index is 12.1. The highest BCUT2D eigenvalue weighted by Gasteiger charge is 2.38. The van der Waals surface area contributed by atoms with Gasteiger partial charge in [0.2, 0.25) is 5.91 Å². The van der Waals surface area contributed by atoms with Crippen molar-refractivity contribution >= 4 is 27.4 Å². The van der Waals surface area contributed by atoms with Gasteiger partial charge in [-0.25, -0.2) is 13.2 Å². The van der Waals surface area contributed by atoms with E-state index in [-0.39, 0.29) is 11.3 Å². The molecule has 0 aliphatic carbocycles. The maximum Gasteiger partial charge on any atom is 0.335 e. The zero-order valence-electron chi connectivity index (χ0n) is 11.7. The summed E-state index contributed by atoms with van der Waals surface area (Å²) in [5.74, 6) is -1.83. The van der Waals surface area contributed by atoms with E-state index in [1.807, 2.05) is 0 Å². The molecule has 0 radical (unpaired) electrons. The van der Waals surface area contributed by atoms with Gasteiger partial charge in [0.15, 0.2) is 9.84 Å². The lowest BCUT2D eigenvalue weighted by Gasteiger charge is -2.22. The van der Waals surface area contributed by atoms with Crippen LogP contribution in [0.5, 0.6) is 0 Å². The van der Waals surface area contributed by atoms with Gasteiger partial charge < -0.3 is 10.4 Å². The molecule has 2 N–H and O–H groups in total. The second kappa shape index (κ2) is 5.24. The Bertz CT molecular complexity index is 661. The van der Waals surface area contributed by atoms with Crippen LogP contribution in [-0.4, -0.2) is 36.4 Å². The number of carboxylic acids is 1. The predicted octanol–water partition coefficient (Wildman–Crippen LogP) is 1.45. The van der Waals surface area contributed by atoms with Crippen LogP contribution >= 0.6 is 0 Å². The van der Waals surface area contributed by atoms with Crippen LogP contribution in [0.1, 0.15) is 29.8 Å². The molecular weight excluding hydrogens is 282 g/mol. The summed E-state index contributed by atoms with van der Waals surface area (Å²) in [5, 5.41) is 11.4. The van der Waals surface area contributed by atoms with Crippen molar-refractivity contribution in [3.8, 4) is 0 Å². The fraction of sp³-hybridized carbons (Fsp3) is 0.385. The Morgan fingerprint density at radius 2 is 1.80 bits per heavy atom. The van der Waals surface area contributed by atoms with Crippen LogP contribution in [0.2, 0.25) is 0 Å². The van der Waals surface area contributed by atoms with Gasteiger partial charge in [0.1, 0.15) is 4.75 Å². The van der Waals surface area contributed by atoms with Crippen LogP contribution in [-0.2, 0) is 14.6 Å². The van der Waals surface area contributed by atoms with Gasteiger partial charge in [0.25, 0.3) is 0 Å². The number of carbonyl (C=O) groups is 2. The SMILES string of the molecule is Cc1ccc(C(=O)O)cc1NC(=O)C(C)(C)S(C)(=O)=O. The standard InChI is InChI=1S/C13H17NO5S/c1-8-5-6-9(11(15)16)7-10(8)14-12(17)13(2,3)20(4,18)19/h5-7H,1-4H3,(H,14,17)(H,15,16). The van der Waals surface area contributed by atoms with E-state index in [9.17, 15) is 18.0 Å². The van der Waals surface area contributed by atoms with E-state index in [0.29, 0.717) is 5.56 Å². The van der Waals surface area contributed by atoms with E-state index < -0.39 is 26.5 Å². The number of hydrogen-bond acceptors (Lipinski definition) is 4. The summed E-state index contributed by atoms with van der Waals surface area (Å²) in [6.45, 7) is 4.29. The molecule has 0 aliphatic heterocycles. The summed E-state index contributed by atoms with van der Waals surface area (Å²) in [6.07, 6.45) is 0.979. The summed E-state index contributed by atoms with van der Waals surface area (Å²) in [7, 11) is -3.59. The summed E-state index contributed by atoms with van der Waals surface area (Å²) >= 11 is 0. The maximum absolute atomic E-state index is 12.1. The second-order valence-electron chi connectivity index (χ2n) is 5.07. The lowest BCUT2D eigenvalue weighted by atomic mass is 10.1. The number of aromatic carboxylic acids is 1. The number of amides is 1. The summed E-state index contributed by atoms with van der Waals surface area (Å²) in [6, 6.07) is 4.26. The molecule has 0 unspecified atom stereocenters. The Morgan fingerprint density at radius 3 is 2.25 bits per heavy atom. The van der Waals surface area contributed by atoms with E-state index in [0.717, 1.165) is 6.26 Å². The zero-order valence-corrected chi connectivity index (χ0v) is 12.5. The van der Waals surface area contributed by atoms with Crippen LogP contribution in [0.25, 0.3) is 0 Å². The summed E-state index contributed by atoms with van der Waals surface area (Å²) in [4.78, 5) is 23.0. The molecule has 1 rings (SSSR count). The number of anilines is 1. The van der Waals surface area contributed by atoms with Crippen molar-refractivity contribution in [2.45, 2.75) is 25.5 Å². The van der Waals surface area contributed by atoms with Gasteiger partial charge in [0.05, 0.1) is 5.56 Å². The summed E-state index contributed by atoms with van der Waals surface area (Å²) < 4.78 is 21.6. The van der Waals surface area contributed by atoms with Gasteiger partial charge in [-0.1, -0.05) is 6.07 Å². The highest BCUT2D eigenvalue weighted by molar-refractivity contribution is 7.92. The number of nitrogens with one attached hydrogen (secondary N) is 1. The van der Waals surface area contributed by atoms with Gasteiger partial charge in [-0.2, -0.15) is 0 Å². The molecule has 0 aliphatic rings. The molecule has 1 aromatic rings. The number of carboxylic acid groups (broad SMARTS) is 1. The smallest absolute Gasteiger partial charge is 0.335 e. The third kappa shape index (κ3) is 3.16. The molecule has 0 heterocycles. The monoisotopic (exact) mass is 299 g/mol. The molecule has 7 heteroatoms. The minimum atomic E-state index is -3.59. The minimum absolute atomic E-state index is 0.0167. The molecule has 0 saturated heterocycles. The fourth-order valence-corrected chi connectivity index (χ4v) is 1.72. The first-order valence-corrected chi connectivity index (χ1v) is 7.71. The van der Waals surface area contributed by atoms with Crippen molar-refractivity contribution in [2.75, 3.05) is 11.6 Å². The predicted molar refractivity (Wildman–Crippen MR) is 75.7 cm³/mol. The van der Waals surface area contributed by atoms with Gasteiger partial charge >= 0.3 is 5.97 Å². The number of sulfone groups is 1. The first kappa shape index (κ1) is 16.2. The molecule has 0 aromatic heterocycles. The first-order chi connectivity index (χ1) is 8.96. The Hall–Kier alpha value is -1.89. The number of carbonyl (C=O) groups excluding carboxylic acids is 1. The molecule has 0 fully saturated rings. The number of hydrogen-bond donors (Lipinski definition) is 2. The largest absolute Gasteiger partial charge is 0.478 e. The van der Waals surface area contributed by atoms with Crippen LogP contribution in [0.15, 0.2) is 18.2 Å². The second-order valence-corrected chi connectivity index (χ2v) is 7.64. The third-order valence-corrected chi connectivity index (χ3v) is 5.25. The molecule has 6 nitrogen and oxygen atoms in total. The first-order valence-electron chi connectivity index (χ1n) is 5.82. The van der Waals surface area contributed by atoms with E-state index in [1.165, 1.54) is 26.0 Å². The molecule has 0 atom stereocenters. The Kier molecular flexibility index (Phi) is 4.24. The summed E-state index contributed by atoms with van der Waals surface area (Å²) in [5.41, 5.74) is 0.947. The lowest BCUT2D eigenvalue weighted by Crippen LogP contribution is -2.44. The van der Waals surface area contributed by atoms with E-state index in [4.69, 9.17) is 5.11 Å². The van der Waals surface area contributed by atoms with Gasteiger partial charge in [-0.05, 0) is 38.5 Å². The normalized spacial score (nSPS) is 12.0. The zero-order chi connectivity index (χ0) is 15.7. The molecule has 1 amide bonds. The van der Waals surface area contributed by atoms with Gasteiger partial charge in [0, 0.05) is 11.9 Å². The molecule has 0 spiro atoms. The molecule has 1 aromatic carbocycles. The van der Waals surface area contributed by atoms with Crippen LogP contribution in [0.4, 0.5) is 5.69 Å². The number of benzene rings is 1. The van der Waals surface area contributed by atoms with E-state index in [1.54, 1.807) is 13.0 Å². The molecule has 0 saturated carbocycles. The van der Waals surface area contributed by atoms with Gasteiger partial charge in [-0.3, -0.25) is 4.79 Å². The number of aryl methyl sites for hydroxylation is 1. The minimum Gasteiger partial charge on any atom is -0.478 e. The highest BCUT2D eigenvalue weighted by atomic mass is 32.2. The average molecular weight is 299 g/mol. The van der Waals surface area contributed by atoms with Crippen LogP contribution in [0.3, 0.4) is 0 Å². The van der Waals surface area contributed by atoms with Crippen LogP contribution in [0, 0.1) is 6.92 Å². The Morgan fingerprint density at radius 1 is 1.25 bits per heavy atom. The Labute approximate surface area is 117 Å². The molecular formula is C13H17NO5S. The third-order valence-electron chi connectivity index (χ3n) is 3.21. The van der Waals surface area contributed by atoms with Crippen molar-refractivity contribution in [2.24, 2.45) is 0 Å². The van der Waals surface area contributed by atoms with Crippen molar-refractivity contribution in [3.05, 3.63) is 29.3 Å². The van der Waals surface area contributed by atoms with E-state index >= 15 is 0 Å². The molecule has 0 bridgehead atoms. The van der Waals surface area contributed by atoms with Crippen molar-refractivity contribution in [3.63, 3.8) is 0 Å². The van der Waals surface area contributed by atoms with Crippen molar-refractivity contribution in [1.29, 1.82) is 0 Å². The fourth-order valence-electron chi connectivity index (χ4n) is 1.33. The van der Waals surface area contributed by atoms with Gasteiger partial charge in [-0.15, -0.1) is 0 Å². The highest BCUT2D eigenvalue weighted by Crippen LogP contribution is 2.22. The molecule has 110 valence electrons. The molecule has 20 heavy (non-hydrogen) atoms. The average Bonchev–Trinajstić information content (AvgIpc) is 2.29. The van der Waals surface area contributed by atoms with Crippen molar-refractivity contribution in [1.82, 2.24) is 0 Å². The lowest BCUT2D eigenvalue weighted by molar-refractivity contribution is -0.117. The van der Waals surface area contributed by atoms with E-state index in [2.05, 4.69) is 5.32 Å². The Balaban J connectivity index is 3.14. The van der Waals surface area contributed by atoms with Crippen LogP contribution < -0.4 is 5.32 Å². The topological polar surface area (TPSA) is 101 Å². The van der Waals surface area contributed by atoms with Crippen molar-refractivity contribution < 1.29 is 23.1 Å². The quantitative estimate of drug-likeness (QED) is 0.876. The number of rotatable bonds is 4.